The molecule has 2 N–H and O–H groups in total. The van der Waals surface area contributed by atoms with Crippen molar-refractivity contribution in [2.24, 2.45) is 0 Å². The van der Waals surface area contributed by atoms with Gasteiger partial charge in [-0.15, -0.1) is 0 Å². The Balaban J connectivity index is 1.43. The molecule has 0 radical (unpaired) electrons. The molecule has 0 spiro atoms. The molecule has 1 heterocycles. The van der Waals surface area contributed by atoms with Crippen LogP contribution < -0.4 is 15.4 Å². The molecule has 138 valence electrons. The van der Waals surface area contributed by atoms with Crippen molar-refractivity contribution in [3.05, 3.63) is 24.3 Å². The van der Waals surface area contributed by atoms with Crippen molar-refractivity contribution >= 4 is 11.7 Å². The molecule has 1 saturated heterocycles. The van der Waals surface area contributed by atoms with Gasteiger partial charge in [0.2, 0.25) is 0 Å². The summed E-state index contributed by atoms with van der Waals surface area (Å²) in [7, 11) is 0. The topological polar surface area (TPSA) is 68.8 Å². The van der Waals surface area contributed by atoms with Crippen LogP contribution >= 0.6 is 0 Å². The van der Waals surface area contributed by atoms with Gasteiger partial charge in [0.15, 0.2) is 0 Å². The number of nitrogens with one attached hydrogen (secondary N) is 2. The molecule has 1 aliphatic heterocycles. The Morgan fingerprint density at radius 2 is 1.92 bits per heavy atom. The lowest BCUT2D eigenvalue weighted by Gasteiger charge is -2.39. The van der Waals surface area contributed by atoms with E-state index in [-0.39, 0.29) is 24.3 Å². The van der Waals surface area contributed by atoms with Crippen LogP contribution in [0.1, 0.15) is 39.0 Å². The highest BCUT2D eigenvalue weighted by atomic mass is 16.6. The monoisotopic (exact) mass is 348 g/mol. The standard InChI is InChI=1S/C19H28N2O4/c1-2-3-10-23-16-7-4-14(5-8-16)20-19(22)21-15-6-9-17-18(13-15)25-12-11-24-17/h4-5,7-8,15,17-18H,2-3,6,9-13H2,1H3,(H2,20,21,22). The fourth-order valence-electron chi connectivity index (χ4n) is 3.32. The number of fused-ring (bicyclic) bond motifs is 1. The van der Waals surface area contributed by atoms with Crippen molar-refractivity contribution in [2.75, 3.05) is 25.1 Å². The Hall–Kier alpha value is -1.79. The average Bonchev–Trinajstić information content (AvgIpc) is 2.63. The Bertz CT molecular complexity index is 549. The molecule has 6 nitrogen and oxygen atoms in total. The Morgan fingerprint density at radius 3 is 2.68 bits per heavy atom. The van der Waals surface area contributed by atoms with E-state index in [9.17, 15) is 4.79 Å². The molecule has 6 heteroatoms. The summed E-state index contributed by atoms with van der Waals surface area (Å²) in [5.41, 5.74) is 0.756. The van der Waals surface area contributed by atoms with Gasteiger partial charge in [-0.2, -0.15) is 0 Å². The summed E-state index contributed by atoms with van der Waals surface area (Å²) < 4.78 is 17.1. The van der Waals surface area contributed by atoms with E-state index in [1.54, 1.807) is 0 Å². The molecule has 3 rings (SSSR count). The number of anilines is 1. The van der Waals surface area contributed by atoms with Crippen LogP contribution in [0.15, 0.2) is 24.3 Å². The van der Waals surface area contributed by atoms with Gasteiger partial charge in [0, 0.05) is 11.7 Å². The third-order valence-electron chi connectivity index (χ3n) is 4.69. The molecule has 3 unspecified atom stereocenters. The number of benzene rings is 1. The summed E-state index contributed by atoms with van der Waals surface area (Å²) in [6.45, 7) is 4.18. The van der Waals surface area contributed by atoms with Crippen LogP contribution in [0, 0.1) is 0 Å². The van der Waals surface area contributed by atoms with Gasteiger partial charge in [-0.1, -0.05) is 13.3 Å². The number of hydrogen-bond donors (Lipinski definition) is 2. The summed E-state index contributed by atoms with van der Waals surface area (Å²) in [5.74, 6) is 0.826. The minimum atomic E-state index is -0.181. The van der Waals surface area contributed by atoms with Gasteiger partial charge in [0.05, 0.1) is 32.0 Å². The quantitative estimate of drug-likeness (QED) is 0.774. The molecular weight excluding hydrogens is 320 g/mol. The largest absolute Gasteiger partial charge is 0.494 e. The van der Waals surface area contributed by atoms with E-state index in [1.807, 2.05) is 24.3 Å². The van der Waals surface area contributed by atoms with Gasteiger partial charge in [-0.25, -0.2) is 4.79 Å². The Kier molecular flexibility index (Phi) is 6.53. The van der Waals surface area contributed by atoms with Crippen LogP contribution in [0.5, 0.6) is 5.75 Å². The van der Waals surface area contributed by atoms with Crippen molar-refractivity contribution in [3.63, 3.8) is 0 Å². The maximum Gasteiger partial charge on any atom is 0.319 e. The lowest BCUT2D eigenvalue weighted by Crippen LogP contribution is -2.50. The van der Waals surface area contributed by atoms with Gasteiger partial charge >= 0.3 is 6.03 Å². The third kappa shape index (κ3) is 5.34. The number of urea groups is 1. The maximum atomic E-state index is 12.2. The molecule has 0 bridgehead atoms. The molecule has 1 aliphatic carbocycles. The van der Waals surface area contributed by atoms with Crippen molar-refractivity contribution in [1.82, 2.24) is 5.32 Å². The first kappa shape index (κ1) is 18.0. The van der Waals surface area contributed by atoms with E-state index >= 15 is 0 Å². The zero-order chi connectivity index (χ0) is 17.5. The summed E-state index contributed by atoms with van der Waals surface area (Å²) in [4.78, 5) is 12.2. The second-order valence-electron chi connectivity index (χ2n) is 6.65. The normalized spacial score (nSPS) is 25.7. The molecule has 3 atom stereocenters. The van der Waals surface area contributed by atoms with Crippen molar-refractivity contribution in [2.45, 2.75) is 57.3 Å². The predicted octanol–water partition coefficient (Wildman–Crippen LogP) is 3.32. The number of rotatable bonds is 6. The number of ether oxygens (including phenoxy) is 3. The van der Waals surface area contributed by atoms with Gasteiger partial charge in [-0.3, -0.25) is 0 Å². The summed E-state index contributed by atoms with van der Waals surface area (Å²) in [6, 6.07) is 7.42. The Morgan fingerprint density at radius 1 is 1.16 bits per heavy atom. The molecular formula is C19H28N2O4. The number of carbonyl (C=O) groups is 1. The molecule has 2 aliphatic rings. The molecule has 1 aromatic rings. The highest BCUT2D eigenvalue weighted by Gasteiger charge is 2.34. The fraction of sp³-hybridized carbons (Fsp3) is 0.632. The van der Waals surface area contributed by atoms with E-state index in [0.717, 1.165) is 50.1 Å². The lowest BCUT2D eigenvalue weighted by atomic mass is 9.90. The van der Waals surface area contributed by atoms with Gasteiger partial charge in [0.1, 0.15) is 5.75 Å². The third-order valence-corrected chi connectivity index (χ3v) is 4.69. The van der Waals surface area contributed by atoms with E-state index < -0.39 is 0 Å². The van der Waals surface area contributed by atoms with E-state index in [2.05, 4.69) is 17.6 Å². The average molecular weight is 348 g/mol. The maximum absolute atomic E-state index is 12.2. The van der Waals surface area contributed by atoms with Gasteiger partial charge in [-0.05, 0) is 49.9 Å². The fourth-order valence-corrected chi connectivity index (χ4v) is 3.32. The first-order valence-corrected chi connectivity index (χ1v) is 9.28. The van der Waals surface area contributed by atoms with E-state index in [0.29, 0.717) is 13.2 Å². The van der Waals surface area contributed by atoms with Crippen LogP contribution in [-0.4, -0.2) is 44.1 Å². The second-order valence-corrected chi connectivity index (χ2v) is 6.65. The van der Waals surface area contributed by atoms with Crippen LogP contribution in [-0.2, 0) is 9.47 Å². The van der Waals surface area contributed by atoms with Crippen molar-refractivity contribution in [3.8, 4) is 5.75 Å². The van der Waals surface area contributed by atoms with E-state index in [1.165, 1.54) is 0 Å². The van der Waals surface area contributed by atoms with E-state index in [4.69, 9.17) is 14.2 Å². The lowest BCUT2D eigenvalue weighted by molar-refractivity contribution is -0.157. The predicted molar refractivity (Wildman–Crippen MR) is 96.1 cm³/mol. The minimum Gasteiger partial charge on any atom is -0.494 e. The highest BCUT2D eigenvalue weighted by Crippen LogP contribution is 2.26. The smallest absolute Gasteiger partial charge is 0.319 e. The molecule has 1 aromatic carbocycles. The zero-order valence-electron chi connectivity index (χ0n) is 14.8. The highest BCUT2D eigenvalue weighted by molar-refractivity contribution is 5.89. The number of hydrogen-bond acceptors (Lipinski definition) is 4. The number of amides is 2. The molecule has 25 heavy (non-hydrogen) atoms. The van der Waals surface area contributed by atoms with Crippen LogP contribution in [0.4, 0.5) is 10.5 Å². The number of unbranched alkanes of at least 4 members (excludes halogenated alkanes) is 1. The summed E-state index contributed by atoms with van der Waals surface area (Å²) >= 11 is 0. The zero-order valence-corrected chi connectivity index (χ0v) is 14.8. The molecule has 1 saturated carbocycles. The molecule has 0 aromatic heterocycles. The summed E-state index contributed by atoms with van der Waals surface area (Å²) in [5, 5.41) is 5.92. The van der Waals surface area contributed by atoms with Crippen LogP contribution in [0.3, 0.4) is 0 Å². The van der Waals surface area contributed by atoms with Crippen LogP contribution in [0.25, 0.3) is 0 Å². The number of carbonyl (C=O) groups excluding carboxylic acids is 1. The second kappa shape index (κ2) is 9.06. The van der Waals surface area contributed by atoms with Gasteiger partial charge in [0.25, 0.3) is 0 Å². The van der Waals surface area contributed by atoms with Gasteiger partial charge < -0.3 is 24.8 Å². The van der Waals surface area contributed by atoms with Crippen molar-refractivity contribution < 1.29 is 19.0 Å². The Labute approximate surface area is 149 Å². The first-order chi connectivity index (χ1) is 12.2. The van der Waals surface area contributed by atoms with Crippen molar-refractivity contribution in [1.29, 1.82) is 0 Å². The SMILES string of the molecule is CCCCOc1ccc(NC(=O)NC2CCC3OCCOC3C2)cc1. The first-order valence-electron chi connectivity index (χ1n) is 9.28. The van der Waals surface area contributed by atoms with Crippen LogP contribution in [0.2, 0.25) is 0 Å². The molecule has 2 fully saturated rings. The summed E-state index contributed by atoms with van der Waals surface area (Å²) in [6.07, 6.45) is 5.10. The minimum absolute atomic E-state index is 0.104. The molecule has 2 amide bonds.